The maximum Gasteiger partial charge on any atom is 0.295 e. The van der Waals surface area contributed by atoms with Crippen molar-refractivity contribution in [1.82, 2.24) is 9.88 Å². The Hall–Kier alpha value is -3.15. The minimum absolute atomic E-state index is 0.0605. The van der Waals surface area contributed by atoms with Crippen LogP contribution >= 0.6 is 0 Å². The van der Waals surface area contributed by atoms with Gasteiger partial charge in [0.15, 0.2) is 0 Å². The molecule has 140 valence electrons. The maximum absolute atomic E-state index is 12.8. The van der Waals surface area contributed by atoms with Crippen LogP contribution in [0, 0.1) is 6.92 Å². The zero-order valence-corrected chi connectivity index (χ0v) is 15.6. The van der Waals surface area contributed by atoms with E-state index in [-0.39, 0.29) is 11.3 Å². The van der Waals surface area contributed by atoms with Crippen LogP contribution in [-0.4, -0.2) is 40.3 Å². The molecule has 1 aromatic carbocycles. The number of hydrogen-bond donors (Lipinski definition) is 1. The number of methoxy groups -OCH3 is 1. The first-order valence-electron chi connectivity index (χ1n) is 8.83. The van der Waals surface area contributed by atoms with Crippen molar-refractivity contribution in [1.29, 1.82) is 0 Å². The second-order valence-corrected chi connectivity index (χ2v) is 6.48. The van der Waals surface area contributed by atoms with E-state index in [0.717, 1.165) is 5.56 Å². The molecular formula is C21H22N2O4. The van der Waals surface area contributed by atoms with Crippen molar-refractivity contribution in [3.8, 4) is 5.75 Å². The number of amides is 1. The van der Waals surface area contributed by atoms with Crippen molar-refractivity contribution < 1.29 is 19.4 Å². The van der Waals surface area contributed by atoms with Crippen molar-refractivity contribution in [3.05, 3.63) is 65.0 Å². The van der Waals surface area contributed by atoms with Crippen LogP contribution in [0.15, 0.2) is 48.3 Å². The first-order chi connectivity index (χ1) is 13.0. The van der Waals surface area contributed by atoms with Gasteiger partial charge in [-0.25, -0.2) is 0 Å². The average Bonchev–Trinajstić information content (AvgIpc) is 2.93. The summed E-state index contributed by atoms with van der Waals surface area (Å²) < 4.78 is 5.34. The molecule has 1 fully saturated rings. The number of ketones is 1. The third kappa shape index (κ3) is 3.30. The number of nitrogens with zero attached hydrogens (tertiary/aromatic N) is 2. The van der Waals surface area contributed by atoms with Gasteiger partial charge in [0.25, 0.3) is 11.7 Å². The highest BCUT2D eigenvalue weighted by Crippen LogP contribution is 2.40. The zero-order chi connectivity index (χ0) is 19.6. The van der Waals surface area contributed by atoms with E-state index in [0.29, 0.717) is 29.8 Å². The minimum atomic E-state index is -0.696. The van der Waals surface area contributed by atoms with Gasteiger partial charge in [-0.05, 0) is 37.1 Å². The molecule has 1 aliphatic rings. The Labute approximate surface area is 158 Å². The molecular weight excluding hydrogens is 344 g/mol. The van der Waals surface area contributed by atoms with Gasteiger partial charge in [0.05, 0.1) is 24.3 Å². The molecule has 0 saturated carbocycles. The molecule has 1 unspecified atom stereocenters. The van der Waals surface area contributed by atoms with E-state index in [9.17, 15) is 14.7 Å². The van der Waals surface area contributed by atoms with Crippen LogP contribution in [0.1, 0.15) is 36.1 Å². The van der Waals surface area contributed by atoms with Gasteiger partial charge in [-0.3, -0.25) is 14.6 Å². The second-order valence-electron chi connectivity index (χ2n) is 6.48. The smallest absolute Gasteiger partial charge is 0.295 e. The third-order valence-electron chi connectivity index (χ3n) is 4.61. The molecule has 3 rings (SSSR count). The number of aryl methyl sites for hydroxylation is 1. The number of carbonyl (C=O) groups excluding carboxylic acids is 2. The van der Waals surface area contributed by atoms with Crippen molar-refractivity contribution >= 4 is 17.4 Å². The summed E-state index contributed by atoms with van der Waals surface area (Å²) in [6, 6.07) is 8.18. The van der Waals surface area contributed by atoms with E-state index in [4.69, 9.17) is 4.74 Å². The third-order valence-corrected chi connectivity index (χ3v) is 4.61. The maximum atomic E-state index is 12.8. The van der Waals surface area contributed by atoms with Crippen molar-refractivity contribution in [2.45, 2.75) is 26.3 Å². The predicted molar refractivity (Wildman–Crippen MR) is 101 cm³/mol. The number of rotatable bonds is 5. The topological polar surface area (TPSA) is 79.7 Å². The van der Waals surface area contributed by atoms with Crippen molar-refractivity contribution in [2.75, 3.05) is 13.7 Å². The van der Waals surface area contributed by atoms with E-state index in [1.807, 2.05) is 19.9 Å². The number of pyridine rings is 1. The molecule has 27 heavy (non-hydrogen) atoms. The van der Waals surface area contributed by atoms with Crippen LogP contribution in [-0.2, 0) is 9.59 Å². The number of likely N-dealkylation sites (tertiary alicyclic amines) is 1. The van der Waals surface area contributed by atoms with Gasteiger partial charge in [0, 0.05) is 18.9 Å². The number of carbonyl (C=O) groups is 2. The Morgan fingerprint density at radius 2 is 2.07 bits per heavy atom. The monoisotopic (exact) mass is 366 g/mol. The number of aliphatic hydroxyl groups excluding tert-OH is 1. The minimum Gasteiger partial charge on any atom is -0.507 e. The van der Waals surface area contributed by atoms with Crippen LogP contribution in [0.4, 0.5) is 0 Å². The Morgan fingerprint density at radius 3 is 2.70 bits per heavy atom. The Bertz CT molecular complexity index is 906. The summed E-state index contributed by atoms with van der Waals surface area (Å²) in [5, 5.41) is 11.0. The zero-order valence-electron chi connectivity index (χ0n) is 15.6. The largest absolute Gasteiger partial charge is 0.507 e. The lowest BCUT2D eigenvalue weighted by Crippen LogP contribution is -2.30. The molecule has 2 aromatic rings. The number of ether oxygens (including phenoxy) is 1. The van der Waals surface area contributed by atoms with Crippen molar-refractivity contribution in [3.63, 3.8) is 0 Å². The predicted octanol–water partition coefficient (Wildman–Crippen LogP) is 3.23. The van der Waals surface area contributed by atoms with E-state index in [2.05, 4.69) is 4.98 Å². The first kappa shape index (κ1) is 18.6. The summed E-state index contributed by atoms with van der Waals surface area (Å²) in [5.41, 5.74) is 2.03. The fourth-order valence-corrected chi connectivity index (χ4v) is 3.39. The van der Waals surface area contributed by atoms with Crippen LogP contribution in [0.25, 0.3) is 5.76 Å². The molecule has 1 N–H and O–H groups in total. The molecule has 0 radical (unpaired) electrons. The van der Waals surface area contributed by atoms with Crippen molar-refractivity contribution in [2.24, 2.45) is 0 Å². The van der Waals surface area contributed by atoms with Gasteiger partial charge in [0.1, 0.15) is 11.5 Å². The van der Waals surface area contributed by atoms with Gasteiger partial charge in [0.2, 0.25) is 0 Å². The van der Waals surface area contributed by atoms with E-state index in [1.54, 1.807) is 36.7 Å². The lowest BCUT2D eigenvalue weighted by atomic mass is 9.95. The van der Waals surface area contributed by atoms with E-state index in [1.165, 1.54) is 12.0 Å². The van der Waals surface area contributed by atoms with Gasteiger partial charge in [-0.2, -0.15) is 0 Å². The number of aromatic nitrogens is 1. The summed E-state index contributed by atoms with van der Waals surface area (Å²) in [6.45, 7) is 4.22. The number of hydrogen-bond acceptors (Lipinski definition) is 5. The normalized spacial score (nSPS) is 18.8. The van der Waals surface area contributed by atoms with Crippen LogP contribution in [0.5, 0.6) is 5.75 Å². The molecule has 1 amide bonds. The highest BCUT2D eigenvalue weighted by Gasteiger charge is 2.46. The molecule has 6 nitrogen and oxygen atoms in total. The van der Waals surface area contributed by atoms with Gasteiger partial charge in [-0.1, -0.05) is 24.6 Å². The highest BCUT2D eigenvalue weighted by molar-refractivity contribution is 6.46. The second kappa shape index (κ2) is 7.61. The van der Waals surface area contributed by atoms with Crippen LogP contribution in [0.3, 0.4) is 0 Å². The molecule has 2 heterocycles. The molecule has 0 aliphatic carbocycles. The lowest BCUT2D eigenvalue weighted by Gasteiger charge is -2.24. The molecule has 1 aromatic heterocycles. The molecule has 1 atom stereocenters. The van der Waals surface area contributed by atoms with Gasteiger partial charge >= 0.3 is 0 Å². The van der Waals surface area contributed by atoms with E-state index >= 15 is 0 Å². The van der Waals surface area contributed by atoms with E-state index < -0.39 is 17.7 Å². The fourth-order valence-electron chi connectivity index (χ4n) is 3.39. The fraction of sp³-hybridized carbons (Fsp3) is 0.286. The summed E-state index contributed by atoms with van der Waals surface area (Å²) in [4.78, 5) is 31.0. The summed E-state index contributed by atoms with van der Waals surface area (Å²) >= 11 is 0. The number of benzene rings is 1. The van der Waals surface area contributed by atoms with Gasteiger partial charge < -0.3 is 14.7 Å². The summed E-state index contributed by atoms with van der Waals surface area (Å²) in [6.07, 6.45) is 3.93. The molecule has 6 heteroatoms. The Balaban J connectivity index is 2.24. The molecule has 1 aliphatic heterocycles. The Kier molecular flexibility index (Phi) is 5.26. The first-order valence-corrected chi connectivity index (χ1v) is 8.83. The summed E-state index contributed by atoms with van der Waals surface area (Å²) in [5.74, 6) is -1.11. The van der Waals surface area contributed by atoms with Crippen LogP contribution < -0.4 is 4.74 Å². The van der Waals surface area contributed by atoms with Crippen LogP contribution in [0.2, 0.25) is 0 Å². The number of Topliss-reactive ketones (excluding diaryl/α,β-unsaturated/α-hetero) is 1. The molecule has 0 bridgehead atoms. The SMILES string of the molecule is CCCN1C(=O)C(=O)/C(=C(/O)c2cc(C)ccc2OC)C1c1cccnc1. The highest BCUT2D eigenvalue weighted by atomic mass is 16.5. The standard InChI is InChI=1S/C21H22N2O4/c1-4-10-23-18(14-6-5-9-22-12-14)17(20(25)21(23)26)19(24)15-11-13(2)7-8-16(15)27-3/h5-9,11-12,18,24H,4,10H2,1-3H3/b19-17+. The lowest BCUT2D eigenvalue weighted by molar-refractivity contribution is -0.139. The quantitative estimate of drug-likeness (QED) is 0.499. The average molecular weight is 366 g/mol. The molecule has 0 spiro atoms. The molecule has 1 saturated heterocycles. The van der Waals surface area contributed by atoms with Gasteiger partial charge in [-0.15, -0.1) is 0 Å². The number of aliphatic hydroxyl groups is 1. The summed E-state index contributed by atoms with van der Waals surface area (Å²) in [7, 11) is 1.50. The Morgan fingerprint density at radius 1 is 1.30 bits per heavy atom.